The van der Waals surface area contributed by atoms with Gasteiger partial charge in [0.2, 0.25) is 5.91 Å². The summed E-state index contributed by atoms with van der Waals surface area (Å²) in [7, 11) is 0. The van der Waals surface area contributed by atoms with Crippen LogP contribution in [0.3, 0.4) is 0 Å². The van der Waals surface area contributed by atoms with Gasteiger partial charge in [0.1, 0.15) is 13.0 Å². The molecule has 0 aromatic heterocycles. The number of nitriles is 1. The fourth-order valence-corrected chi connectivity index (χ4v) is 2.12. The molecule has 2 aromatic rings. The van der Waals surface area contributed by atoms with Crippen LogP contribution in [0.2, 0.25) is 0 Å². The molecule has 1 amide bonds. The number of carbonyl (C=O) groups is 1. The molecule has 2 aromatic carbocycles. The van der Waals surface area contributed by atoms with Gasteiger partial charge in [0.05, 0.1) is 12.7 Å². The normalized spacial score (nSPS) is 9.83. The van der Waals surface area contributed by atoms with Crippen LogP contribution < -0.4 is 14.8 Å². The third-order valence-electron chi connectivity index (χ3n) is 3.27. The lowest BCUT2D eigenvalue weighted by atomic mass is 10.2. The minimum Gasteiger partial charge on any atom is -0.490 e. The number of nitrogens with zero attached hydrogens (tertiary/aromatic N) is 1. The SMILES string of the molecule is CCOc1cc(CNC(=O)CC#N)ccc1OCc1ccccc1. The third kappa shape index (κ3) is 5.33. The average Bonchev–Trinajstić information content (AvgIpc) is 2.60. The van der Waals surface area contributed by atoms with E-state index in [4.69, 9.17) is 14.7 Å². The fourth-order valence-electron chi connectivity index (χ4n) is 2.12. The molecule has 5 heteroatoms. The first-order chi connectivity index (χ1) is 11.7. The summed E-state index contributed by atoms with van der Waals surface area (Å²) in [5.41, 5.74) is 1.96. The van der Waals surface area contributed by atoms with E-state index in [-0.39, 0.29) is 12.3 Å². The van der Waals surface area contributed by atoms with E-state index >= 15 is 0 Å². The largest absolute Gasteiger partial charge is 0.490 e. The van der Waals surface area contributed by atoms with E-state index in [1.54, 1.807) is 0 Å². The molecule has 0 heterocycles. The van der Waals surface area contributed by atoms with Crippen molar-refractivity contribution in [2.24, 2.45) is 0 Å². The molecule has 0 saturated carbocycles. The van der Waals surface area contributed by atoms with Crippen LogP contribution in [0.4, 0.5) is 0 Å². The Morgan fingerprint density at radius 3 is 2.58 bits per heavy atom. The summed E-state index contributed by atoms with van der Waals surface area (Å²) < 4.78 is 11.5. The Hall–Kier alpha value is -3.00. The molecule has 0 atom stereocenters. The van der Waals surface area contributed by atoms with Crippen molar-refractivity contribution in [1.82, 2.24) is 5.32 Å². The predicted octanol–water partition coefficient (Wildman–Crippen LogP) is 3.19. The minimum atomic E-state index is -0.292. The highest BCUT2D eigenvalue weighted by Crippen LogP contribution is 2.29. The van der Waals surface area contributed by atoms with Gasteiger partial charge in [0, 0.05) is 6.54 Å². The Labute approximate surface area is 141 Å². The van der Waals surface area contributed by atoms with E-state index in [0.717, 1.165) is 11.1 Å². The second kappa shape index (κ2) is 9.21. The van der Waals surface area contributed by atoms with Crippen molar-refractivity contribution in [3.8, 4) is 17.6 Å². The van der Waals surface area contributed by atoms with Crippen LogP contribution in [-0.4, -0.2) is 12.5 Å². The molecule has 1 N–H and O–H groups in total. The van der Waals surface area contributed by atoms with Crippen molar-refractivity contribution in [3.63, 3.8) is 0 Å². The Bertz CT molecular complexity index is 708. The van der Waals surface area contributed by atoms with Crippen molar-refractivity contribution in [2.45, 2.75) is 26.5 Å². The van der Waals surface area contributed by atoms with Gasteiger partial charge in [-0.2, -0.15) is 5.26 Å². The van der Waals surface area contributed by atoms with Crippen LogP contribution in [0.25, 0.3) is 0 Å². The Morgan fingerprint density at radius 2 is 1.88 bits per heavy atom. The maximum Gasteiger partial charge on any atom is 0.234 e. The minimum absolute atomic E-state index is 0.142. The van der Waals surface area contributed by atoms with Gasteiger partial charge in [-0.3, -0.25) is 4.79 Å². The zero-order valence-corrected chi connectivity index (χ0v) is 13.6. The summed E-state index contributed by atoms with van der Waals surface area (Å²) in [5, 5.41) is 11.2. The van der Waals surface area contributed by atoms with Crippen LogP contribution >= 0.6 is 0 Å². The summed E-state index contributed by atoms with van der Waals surface area (Å²) in [6, 6.07) is 17.3. The maximum absolute atomic E-state index is 11.4. The molecule has 0 unspecified atom stereocenters. The Morgan fingerprint density at radius 1 is 1.08 bits per heavy atom. The molecule has 5 nitrogen and oxygen atoms in total. The molecule has 0 fully saturated rings. The first-order valence-electron chi connectivity index (χ1n) is 7.79. The van der Waals surface area contributed by atoms with Gasteiger partial charge in [-0.05, 0) is 30.2 Å². The van der Waals surface area contributed by atoms with Gasteiger partial charge in [-0.25, -0.2) is 0 Å². The van der Waals surface area contributed by atoms with E-state index in [1.807, 2.05) is 61.5 Å². The molecule has 0 aliphatic carbocycles. The highest BCUT2D eigenvalue weighted by Gasteiger charge is 2.08. The highest BCUT2D eigenvalue weighted by atomic mass is 16.5. The number of rotatable bonds is 8. The van der Waals surface area contributed by atoms with Gasteiger partial charge < -0.3 is 14.8 Å². The lowest BCUT2D eigenvalue weighted by molar-refractivity contribution is -0.120. The molecule has 0 bridgehead atoms. The second-order valence-corrected chi connectivity index (χ2v) is 5.10. The highest BCUT2D eigenvalue weighted by molar-refractivity contribution is 5.77. The standard InChI is InChI=1S/C19H20N2O3/c1-2-23-18-12-16(13-21-19(22)10-11-20)8-9-17(18)24-14-15-6-4-3-5-7-15/h3-9,12H,2,10,13-14H2,1H3,(H,21,22). The van der Waals surface area contributed by atoms with E-state index < -0.39 is 0 Å². The van der Waals surface area contributed by atoms with Gasteiger partial charge >= 0.3 is 0 Å². The van der Waals surface area contributed by atoms with Crippen molar-refractivity contribution < 1.29 is 14.3 Å². The number of nitrogens with one attached hydrogen (secondary N) is 1. The van der Waals surface area contributed by atoms with E-state index in [0.29, 0.717) is 31.3 Å². The summed E-state index contributed by atoms with van der Waals surface area (Å²) in [6.45, 7) is 3.23. The van der Waals surface area contributed by atoms with Crippen molar-refractivity contribution in [2.75, 3.05) is 6.61 Å². The van der Waals surface area contributed by atoms with Crippen LogP contribution in [-0.2, 0) is 17.9 Å². The molecule has 124 valence electrons. The number of amides is 1. The van der Waals surface area contributed by atoms with Crippen LogP contribution in [0.15, 0.2) is 48.5 Å². The predicted molar refractivity (Wildman–Crippen MR) is 90.5 cm³/mol. The summed E-state index contributed by atoms with van der Waals surface area (Å²) in [6.07, 6.45) is -0.142. The number of carbonyl (C=O) groups excluding carboxylic acids is 1. The monoisotopic (exact) mass is 324 g/mol. The molecule has 0 spiro atoms. The molecule has 0 radical (unpaired) electrons. The number of ether oxygens (including phenoxy) is 2. The summed E-state index contributed by atoms with van der Waals surface area (Å²) in [4.78, 5) is 11.4. The number of hydrogen-bond donors (Lipinski definition) is 1. The maximum atomic E-state index is 11.4. The van der Waals surface area contributed by atoms with E-state index in [9.17, 15) is 4.79 Å². The quantitative estimate of drug-likeness (QED) is 0.809. The molecule has 0 aliphatic heterocycles. The Balaban J connectivity index is 2.03. The number of benzene rings is 2. The summed E-state index contributed by atoms with van der Waals surface area (Å²) >= 11 is 0. The topological polar surface area (TPSA) is 71.3 Å². The van der Waals surface area contributed by atoms with E-state index in [1.165, 1.54) is 0 Å². The molecule has 0 aliphatic rings. The zero-order chi connectivity index (χ0) is 17.2. The molecule has 0 saturated heterocycles. The lowest BCUT2D eigenvalue weighted by Crippen LogP contribution is -2.21. The third-order valence-corrected chi connectivity index (χ3v) is 3.27. The smallest absolute Gasteiger partial charge is 0.234 e. The van der Waals surface area contributed by atoms with Crippen molar-refractivity contribution >= 4 is 5.91 Å². The van der Waals surface area contributed by atoms with Crippen molar-refractivity contribution in [1.29, 1.82) is 5.26 Å². The Kier molecular flexibility index (Phi) is 6.66. The van der Waals surface area contributed by atoms with E-state index in [2.05, 4.69) is 5.32 Å². The van der Waals surface area contributed by atoms with Crippen molar-refractivity contribution in [3.05, 3.63) is 59.7 Å². The van der Waals surface area contributed by atoms with Gasteiger partial charge in [0.15, 0.2) is 11.5 Å². The van der Waals surface area contributed by atoms with Crippen LogP contribution in [0.5, 0.6) is 11.5 Å². The van der Waals surface area contributed by atoms with Crippen LogP contribution in [0, 0.1) is 11.3 Å². The molecule has 24 heavy (non-hydrogen) atoms. The zero-order valence-electron chi connectivity index (χ0n) is 13.6. The first-order valence-corrected chi connectivity index (χ1v) is 7.79. The lowest BCUT2D eigenvalue weighted by Gasteiger charge is -2.14. The van der Waals surface area contributed by atoms with Gasteiger partial charge in [0.25, 0.3) is 0 Å². The first kappa shape index (κ1) is 17.4. The number of hydrogen-bond acceptors (Lipinski definition) is 4. The molecular formula is C19H20N2O3. The summed E-state index contributed by atoms with van der Waals surface area (Å²) in [5.74, 6) is 1.01. The fraction of sp³-hybridized carbons (Fsp3) is 0.263. The molecule has 2 rings (SSSR count). The second-order valence-electron chi connectivity index (χ2n) is 5.10. The molecular weight excluding hydrogens is 304 g/mol. The van der Waals surface area contributed by atoms with Gasteiger partial charge in [-0.15, -0.1) is 0 Å². The average molecular weight is 324 g/mol. The van der Waals surface area contributed by atoms with Gasteiger partial charge in [-0.1, -0.05) is 36.4 Å². The van der Waals surface area contributed by atoms with Crippen LogP contribution in [0.1, 0.15) is 24.5 Å².